The predicted molar refractivity (Wildman–Crippen MR) is 57.0 cm³/mol. The molecule has 0 unspecified atom stereocenters. The summed E-state index contributed by atoms with van der Waals surface area (Å²) in [6.07, 6.45) is 5.59. The summed E-state index contributed by atoms with van der Waals surface area (Å²) in [6.45, 7) is 5.49. The van der Waals surface area contributed by atoms with Crippen molar-refractivity contribution in [1.82, 2.24) is 20.2 Å². The summed E-state index contributed by atoms with van der Waals surface area (Å²) in [5.74, 6) is 0. The minimum Gasteiger partial charge on any atom is -0.336 e. The minimum atomic E-state index is 0.703. The molecule has 0 aromatic carbocycles. The van der Waals surface area contributed by atoms with Crippen molar-refractivity contribution in [2.45, 2.75) is 6.54 Å². The van der Waals surface area contributed by atoms with Crippen LogP contribution in [0.15, 0.2) is 18.7 Å². The van der Waals surface area contributed by atoms with E-state index >= 15 is 0 Å². The Kier molecular flexibility index (Phi) is 5.97. The largest absolute Gasteiger partial charge is 0.336 e. The van der Waals surface area contributed by atoms with E-state index in [0.29, 0.717) is 6.54 Å². The zero-order valence-corrected chi connectivity index (χ0v) is 8.45. The Bertz CT molecular complexity index is 209. The number of imidazole rings is 1. The standard InChI is InChI=1S/C9H19N5/c10-1-2-11-3-4-12-5-7-14-8-6-13-9-14/h6,8-9,11-12H,1-5,7,10H2. The molecule has 4 N–H and O–H groups in total. The van der Waals surface area contributed by atoms with Crippen LogP contribution in [-0.4, -0.2) is 42.3 Å². The van der Waals surface area contributed by atoms with E-state index in [1.54, 1.807) is 6.20 Å². The average molecular weight is 197 g/mol. The number of hydrogen-bond acceptors (Lipinski definition) is 4. The van der Waals surface area contributed by atoms with Crippen molar-refractivity contribution in [1.29, 1.82) is 0 Å². The molecule has 0 fully saturated rings. The second kappa shape index (κ2) is 7.49. The third-order valence-corrected chi connectivity index (χ3v) is 1.91. The van der Waals surface area contributed by atoms with Gasteiger partial charge in [0.1, 0.15) is 0 Å². The van der Waals surface area contributed by atoms with Crippen molar-refractivity contribution in [3.8, 4) is 0 Å². The van der Waals surface area contributed by atoms with Gasteiger partial charge in [-0.1, -0.05) is 0 Å². The lowest BCUT2D eigenvalue weighted by molar-refractivity contribution is 0.571. The summed E-state index contributed by atoms with van der Waals surface area (Å²) in [5.41, 5.74) is 5.34. The molecule has 0 radical (unpaired) electrons. The molecule has 0 saturated carbocycles. The SMILES string of the molecule is NCCNCCNCCn1ccnc1. The Hall–Kier alpha value is -0.910. The van der Waals surface area contributed by atoms with Gasteiger partial charge in [0.15, 0.2) is 0 Å². The normalized spacial score (nSPS) is 10.6. The highest BCUT2D eigenvalue weighted by molar-refractivity contribution is 4.74. The Balaban J connectivity index is 1.85. The van der Waals surface area contributed by atoms with E-state index in [-0.39, 0.29) is 0 Å². The Morgan fingerprint density at radius 1 is 1.14 bits per heavy atom. The first-order valence-electron chi connectivity index (χ1n) is 5.00. The van der Waals surface area contributed by atoms with Gasteiger partial charge >= 0.3 is 0 Å². The maximum atomic E-state index is 5.34. The van der Waals surface area contributed by atoms with E-state index in [9.17, 15) is 0 Å². The van der Waals surface area contributed by atoms with E-state index in [4.69, 9.17) is 5.73 Å². The molecular weight excluding hydrogens is 178 g/mol. The highest BCUT2D eigenvalue weighted by Gasteiger charge is 1.89. The van der Waals surface area contributed by atoms with Gasteiger partial charge in [-0.25, -0.2) is 4.98 Å². The van der Waals surface area contributed by atoms with Crippen LogP contribution in [0.1, 0.15) is 0 Å². The minimum absolute atomic E-state index is 0.703. The highest BCUT2D eigenvalue weighted by Crippen LogP contribution is 1.82. The van der Waals surface area contributed by atoms with Crippen molar-refractivity contribution >= 4 is 0 Å². The molecule has 5 heteroatoms. The monoisotopic (exact) mass is 197 g/mol. The lowest BCUT2D eigenvalue weighted by Gasteiger charge is -2.05. The number of rotatable bonds is 8. The fraction of sp³-hybridized carbons (Fsp3) is 0.667. The number of nitrogens with two attached hydrogens (primary N) is 1. The van der Waals surface area contributed by atoms with E-state index in [2.05, 4.69) is 20.2 Å². The Morgan fingerprint density at radius 3 is 2.57 bits per heavy atom. The van der Waals surface area contributed by atoms with E-state index < -0.39 is 0 Å². The fourth-order valence-electron chi connectivity index (χ4n) is 1.16. The van der Waals surface area contributed by atoms with Gasteiger partial charge in [0.05, 0.1) is 6.33 Å². The van der Waals surface area contributed by atoms with Gasteiger partial charge in [-0.2, -0.15) is 0 Å². The van der Waals surface area contributed by atoms with Crippen LogP contribution in [0, 0.1) is 0 Å². The van der Waals surface area contributed by atoms with E-state index in [1.807, 2.05) is 12.5 Å². The van der Waals surface area contributed by atoms with Gasteiger partial charge in [-0.05, 0) is 0 Å². The lowest BCUT2D eigenvalue weighted by Crippen LogP contribution is -2.32. The van der Waals surface area contributed by atoms with Gasteiger partial charge in [0.25, 0.3) is 0 Å². The molecule has 0 aliphatic carbocycles. The Labute approximate surface area is 84.7 Å². The zero-order chi connectivity index (χ0) is 10.1. The van der Waals surface area contributed by atoms with Gasteiger partial charge in [-0.3, -0.25) is 0 Å². The number of aromatic nitrogens is 2. The van der Waals surface area contributed by atoms with Gasteiger partial charge in [-0.15, -0.1) is 0 Å². The maximum absolute atomic E-state index is 5.34. The smallest absolute Gasteiger partial charge is 0.0946 e. The number of nitrogens with zero attached hydrogens (tertiary/aromatic N) is 2. The summed E-state index contributed by atoms with van der Waals surface area (Å²) in [5, 5.41) is 6.55. The molecule has 14 heavy (non-hydrogen) atoms. The molecule has 80 valence electrons. The van der Waals surface area contributed by atoms with Crippen molar-refractivity contribution in [3.63, 3.8) is 0 Å². The molecule has 1 heterocycles. The molecule has 0 bridgehead atoms. The molecule has 0 saturated heterocycles. The predicted octanol–water partition coefficient (Wildman–Crippen LogP) is -0.979. The molecule has 1 aromatic heterocycles. The van der Waals surface area contributed by atoms with Gasteiger partial charge in [0.2, 0.25) is 0 Å². The summed E-state index contributed by atoms with van der Waals surface area (Å²) < 4.78 is 2.06. The fourth-order valence-corrected chi connectivity index (χ4v) is 1.16. The van der Waals surface area contributed by atoms with Crippen LogP contribution < -0.4 is 16.4 Å². The van der Waals surface area contributed by atoms with Crippen LogP contribution in [0.3, 0.4) is 0 Å². The summed E-state index contributed by atoms with van der Waals surface area (Å²) in [6, 6.07) is 0. The molecule has 0 spiro atoms. The van der Waals surface area contributed by atoms with Crippen LogP contribution >= 0.6 is 0 Å². The average Bonchev–Trinajstić information content (AvgIpc) is 2.69. The molecular formula is C9H19N5. The van der Waals surface area contributed by atoms with E-state index in [1.165, 1.54) is 0 Å². The van der Waals surface area contributed by atoms with Crippen LogP contribution in [0.4, 0.5) is 0 Å². The second-order valence-electron chi connectivity index (χ2n) is 3.09. The van der Waals surface area contributed by atoms with Crippen LogP contribution in [0.5, 0.6) is 0 Å². The van der Waals surface area contributed by atoms with E-state index in [0.717, 1.165) is 32.7 Å². The molecule has 1 aromatic rings. The summed E-state index contributed by atoms with van der Waals surface area (Å²) in [4.78, 5) is 3.97. The number of hydrogen-bond donors (Lipinski definition) is 3. The zero-order valence-electron chi connectivity index (χ0n) is 8.45. The van der Waals surface area contributed by atoms with Crippen LogP contribution in [-0.2, 0) is 6.54 Å². The Morgan fingerprint density at radius 2 is 1.93 bits per heavy atom. The van der Waals surface area contributed by atoms with Crippen molar-refractivity contribution in [3.05, 3.63) is 18.7 Å². The second-order valence-corrected chi connectivity index (χ2v) is 3.09. The molecule has 0 amide bonds. The molecule has 0 aliphatic rings. The van der Waals surface area contributed by atoms with Crippen molar-refractivity contribution in [2.75, 3.05) is 32.7 Å². The summed E-state index contributed by atoms with van der Waals surface area (Å²) in [7, 11) is 0. The van der Waals surface area contributed by atoms with Gasteiger partial charge < -0.3 is 20.9 Å². The van der Waals surface area contributed by atoms with Crippen molar-refractivity contribution < 1.29 is 0 Å². The first-order chi connectivity index (χ1) is 6.93. The maximum Gasteiger partial charge on any atom is 0.0946 e. The van der Waals surface area contributed by atoms with Crippen LogP contribution in [0.2, 0.25) is 0 Å². The number of nitrogens with one attached hydrogen (secondary N) is 2. The first-order valence-corrected chi connectivity index (χ1v) is 5.00. The third-order valence-electron chi connectivity index (χ3n) is 1.91. The quantitative estimate of drug-likeness (QED) is 0.469. The molecule has 0 atom stereocenters. The van der Waals surface area contributed by atoms with Gasteiger partial charge in [0, 0.05) is 51.7 Å². The van der Waals surface area contributed by atoms with Crippen LogP contribution in [0.25, 0.3) is 0 Å². The molecule has 1 rings (SSSR count). The molecule has 0 aliphatic heterocycles. The summed E-state index contributed by atoms with van der Waals surface area (Å²) >= 11 is 0. The topological polar surface area (TPSA) is 67.9 Å². The first kappa shape index (κ1) is 11.2. The lowest BCUT2D eigenvalue weighted by atomic mass is 10.5. The van der Waals surface area contributed by atoms with Crippen molar-refractivity contribution in [2.24, 2.45) is 5.73 Å². The molecule has 5 nitrogen and oxygen atoms in total. The highest BCUT2D eigenvalue weighted by atomic mass is 15.0. The third kappa shape index (κ3) is 4.96.